The number of aryl methyl sites for hydroxylation is 2. The number of anilines is 2. The molecule has 5 rings (SSSR count). The van der Waals surface area contributed by atoms with Gasteiger partial charge >= 0.3 is 0 Å². The minimum absolute atomic E-state index is 0.0885. The van der Waals surface area contributed by atoms with Crippen molar-refractivity contribution in [2.75, 3.05) is 55.6 Å². The maximum absolute atomic E-state index is 13.8. The van der Waals surface area contributed by atoms with Crippen molar-refractivity contribution in [1.29, 1.82) is 5.26 Å². The third kappa shape index (κ3) is 5.83. The van der Waals surface area contributed by atoms with Gasteiger partial charge in [-0.1, -0.05) is 30.3 Å². The molecule has 2 N–H and O–H groups in total. The van der Waals surface area contributed by atoms with E-state index in [1.54, 1.807) is 0 Å². The molecular formula is C32H38N6OS. The summed E-state index contributed by atoms with van der Waals surface area (Å²) in [6, 6.07) is 22.7. The van der Waals surface area contributed by atoms with Crippen LogP contribution in [0, 0.1) is 25.2 Å². The van der Waals surface area contributed by atoms with E-state index in [9.17, 15) is 10.1 Å². The van der Waals surface area contributed by atoms with E-state index in [0.29, 0.717) is 6.54 Å². The molecule has 40 heavy (non-hydrogen) atoms. The number of nitriles is 1. The minimum Gasteiger partial charge on any atom is -0.368 e. The van der Waals surface area contributed by atoms with Crippen LogP contribution in [0.15, 0.2) is 65.6 Å². The van der Waals surface area contributed by atoms with Crippen molar-refractivity contribution in [3.63, 3.8) is 0 Å². The molecule has 2 saturated heterocycles. The van der Waals surface area contributed by atoms with Gasteiger partial charge in [0.2, 0.25) is 0 Å². The van der Waals surface area contributed by atoms with E-state index in [-0.39, 0.29) is 11.9 Å². The van der Waals surface area contributed by atoms with Crippen molar-refractivity contribution >= 4 is 29.2 Å². The molecule has 0 radical (unpaired) electrons. The van der Waals surface area contributed by atoms with Crippen molar-refractivity contribution in [2.24, 2.45) is 5.14 Å². The number of para-hydroxylation sites is 2. The van der Waals surface area contributed by atoms with Crippen LogP contribution in [-0.2, 0) is 6.54 Å². The Morgan fingerprint density at radius 2 is 1.60 bits per heavy atom. The first-order valence-electron chi connectivity index (χ1n) is 14.0. The highest BCUT2D eigenvalue weighted by Crippen LogP contribution is 2.30. The van der Waals surface area contributed by atoms with Crippen LogP contribution in [0.1, 0.15) is 39.5 Å². The summed E-state index contributed by atoms with van der Waals surface area (Å²) in [5, 5.41) is 15.4. The lowest BCUT2D eigenvalue weighted by Crippen LogP contribution is -2.54. The first kappa shape index (κ1) is 28.0. The number of piperazine rings is 2. The molecule has 0 spiro atoms. The zero-order valence-electron chi connectivity index (χ0n) is 23.6. The zero-order valence-corrected chi connectivity index (χ0v) is 24.5. The van der Waals surface area contributed by atoms with E-state index in [4.69, 9.17) is 5.14 Å². The average Bonchev–Trinajstić information content (AvgIpc) is 2.98. The van der Waals surface area contributed by atoms with Gasteiger partial charge in [-0.25, -0.2) is 0 Å². The summed E-state index contributed by atoms with van der Waals surface area (Å²) in [4.78, 5) is 24.0. The zero-order chi connectivity index (χ0) is 28.2. The number of amides is 1. The Balaban J connectivity index is 1.25. The number of hydrogen-bond donors (Lipinski definition) is 1. The second-order valence-electron chi connectivity index (χ2n) is 10.9. The SMILES string of the molecule is Cc1cc(C)c(C(=O)N2CCN(c3ccccc3SN)C[C@@H]2C)cc1CN1CCN(c2ccccc2C#N)CC1. The van der Waals surface area contributed by atoms with E-state index in [0.717, 1.165) is 78.8 Å². The summed E-state index contributed by atoms with van der Waals surface area (Å²) in [5.41, 5.74) is 7.15. The second kappa shape index (κ2) is 12.3. The van der Waals surface area contributed by atoms with Crippen LogP contribution in [0.25, 0.3) is 0 Å². The first-order valence-corrected chi connectivity index (χ1v) is 14.9. The van der Waals surface area contributed by atoms with Gasteiger partial charge in [0, 0.05) is 68.9 Å². The molecule has 7 nitrogen and oxygen atoms in total. The van der Waals surface area contributed by atoms with Gasteiger partial charge in [0.1, 0.15) is 6.07 Å². The molecule has 1 amide bonds. The highest BCUT2D eigenvalue weighted by Gasteiger charge is 2.30. The van der Waals surface area contributed by atoms with E-state index in [1.165, 1.54) is 23.1 Å². The number of nitrogens with zero attached hydrogens (tertiary/aromatic N) is 5. The predicted octanol–water partition coefficient (Wildman–Crippen LogP) is 4.81. The fraction of sp³-hybridized carbons (Fsp3) is 0.375. The van der Waals surface area contributed by atoms with Gasteiger partial charge in [-0.05, 0) is 79.7 Å². The maximum Gasteiger partial charge on any atom is 0.254 e. The molecule has 1 atom stereocenters. The third-order valence-electron chi connectivity index (χ3n) is 8.27. The van der Waals surface area contributed by atoms with Crippen LogP contribution in [0.3, 0.4) is 0 Å². The number of benzene rings is 3. The van der Waals surface area contributed by atoms with Crippen LogP contribution in [0.2, 0.25) is 0 Å². The molecule has 8 heteroatoms. The summed E-state index contributed by atoms with van der Waals surface area (Å²) >= 11 is 1.27. The second-order valence-corrected chi connectivity index (χ2v) is 11.5. The van der Waals surface area contributed by atoms with Crippen LogP contribution in [0.4, 0.5) is 11.4 Å². The minimum atomic E-state index is 0.0885. The molecule has 2 aliphatic rings. The number of hydrogen-bond acceptors (Lipinski definition) is 7. The van der Waals surface area contributed by atoms with Gasteiger partial charge in [0.15, 0.2) is 0 Å². The Kier molecular flexibility index (Phi) is 8.65. The molecule has 3 aromatic carbocycles. The maximum atomic E-state index is 13.8. The Morgan fingerprint density at radius 1 is 0.925 bits per heavy atom. The van der Waals surface area contributed by atoms with Crippen LogP contribution >= 0.6 is 11.9 Å². The van der Waals surface area contributed by atoms with Crippen LogP contribution in [-0.4, -0.2) is 67.6 Å². The summed E-state index contributed by atoms with van der Waals surface area (Å²) in [5.74, 6) is 0.116. The topological polar surface area (TPSA) is 79.8 Å². The third-order valence-corrected chi connectivity index (χ3v) is 8.87. The van der Waals surface area contributed by atoms with Crippen molar-refractivity contribution in [3.8, 4) is 6.07 Å². The smallest absolute Gasteiger partial charge is 0.254 e. The molecule has 2 aliphatic heterocycles. The highest BCUT2D eigenvalue weighted by atomic mass is 32.2. The summed E-state index contributed by atoms with van der Waals surface area (Å²) < 4.78 is 0. The molecule has 0 aromatic heterocycles. The van der Waals surface area contributed by atoms with E-state index < -0.39 is 0 Å². The Hall–Kier alpha value is -3.51. The first-order chi connectivity index (χ1) is 19.4. The summed E-state index contributed by atoms with van der Waals surface area (Å²) in [6.45, 7) is 13.0. The van der Waals surface area contributed by atoms with Gasteiger partial charge < -0.3 is 14.7 Å². The molecular weight excluding hydrogens is 516 g/mol. The van der Waals surface area contributed by atoms with Crippen LogP contribution < -0.4 is 14.9 Å². The highest BCUT2D eigenvalue weighted by molar-refractivity contribution is 7.97. The summed E-state index contributed by atoms with van der Waals surface area (Å²) in [6.07, 6.45) is 0. The van der Waals surface area contributed by atoms with Crippen LogP contribution in [0.5, 0.6) is 0 Å². The van der Waals surface area contributed by atoms with Gasteiger partial charge in [-0.15, -0.1) is 0 Å². The van der Waals surface area contributed by atoms with E-state index in [1.807, 2.05) is 54.3 Å². The molecule has 0 saturated carbocycles. The molecule has 0 bridgehead atoms. The molecule has 3 aromatic rings. The molecule has 2 fully saturated rings. The molecule has 0 unspecified atom stereocenters. The van der Waals surface area contributed by atoms with Crippen molar-refractivity contribution in [2.45, 2.75) is 38.3 Å². The van der Waals surface area contributed by atoms with Gasteiger partial charge in [0.05, 0.1) is 16.9 Å². The van der Waals surface area contributed by atoms with E-state index in [2.05, 4.69) is 52.8 Å². The lowest BCUT2D eigenvalue weighted by molar-refractivity contribution is 0.0673. The summed E-state index contributed by atoms with van der Waals surface area (Å²) in [7, 11) is 0. The normalized spacial score (nSPS) is 18.1. The van der Waals surface area contributed by atoms with Crippen molar-refractivity contribution in [1.82, 2.24) is 9.80 Å². The molecule has 0 aliphatic carbocycles. The lowest BCUT2D eigenvalue weighted by atomic mass is 9.97. The fourth-order valence-electron chi connectivity index (χ4n) is 5.98. The van der Waals surface area contributed by atoms with Crippen molar-refractivity contribution < 1.29 is 4.79 Å². The number of carbonyl (C=O) groups is 1. The number of nitrogens with two attached hydrogens (primary N) is 1. The fourth-order valence-corrected chi connectivity index (χ4v) is 6.46. The Labute approximate surface area is 242 Å². The number of carbonyl (C=O) groups excluding carboxylic acids is 1. The lowest BCUT2D eigenvalue weighted by Gasteiger charge is -2.41. The van der Waals surface area contributed by atoms with Crippen molar-refractivity contribution in [3.05, 3.63) is 88.5 Å². The molecule has 2 heterocycles. The standard InChI is InChI=1S/C32H38N6OS/c1-23-18-24(2)28(32(39)38-17-16-37(21-25(38)3)30-10-6-7-11-31(30)40-34)19-27(23)22-35-12-14-36(15-13-35)29-9-5-4-8-26(29)20-33/h4-11,18-19,25H,12-17,21-22,34H2,1-3H3/t25-/m0/s1. The Morgan fingerprint density at radius 3 is 2.30 bits per heavy atom. The molecule has 208 valence electrons. The average molecular weight is 555 g/mol. The predicted molar refractivity (Wildman–Crippen MR) is 164 cm³/mol. The quantitative estimate of drug-likeness (QED) is 0.438. The van der Waals surface area contributed by atoms with Gasteiger partial charge in [0.25, 0.3) is 5.91 Å². The van der Waals surface area contributed by atoms with E-state index >= 15 is 0 Å². The van der Waals surface area contributed by atoms with Gasteiger partial charge in [-0.2, -0.15) is 5.26 Å². The van der Waals surface area contributed by atoms with Gasteiger partial charge in [-0.3, -0.25) is 14.8 Å². The number of rotatable bonds is 6. The monoisotopic (exact) mass is 554 g/mol. The Bertz CT molecular complexity index is 1410. The largest absolute Gasteiger partial charge is 0.368 e.